The van der Waals surface area contributed by atoms with E-state index in [-0.39, 0.29) is 25.2 Å². The van der Waals surface area contributed by atoms with Crippen molar-refractivity contribution in [3.8, 4) is 11.5 Å². The Bertz CT molecular complexity index is 754. The maximum Gasteiger partial charge on any atom is 0.255 e. The van der Waals surface area contributed by atoms with Crippen molar-refractivity contribution in [1.29, 1.82) is 0 Å². The molecule has 0 spiro atoms. The van der Waals surface area contributed by atoms with Gasteiger partial charge in [-0.25, -0.2) is 0 Å². The van der Waals surface area contributed by atoms with Gasteiger partial charge in [0.25, 0.3) is 5.89 Å². The van der Waals surface area contributed by atoms with Crippen LogP contribution in [0.5, 0.6) is 11.5 Å². The summed E-state index contributed by atoms with van der Waals surface area (Å²) in [5, 5.41) is 6.80. The van der Waals surface area contributed by atoms with Crippen LogP contribution in [-0.4, -0.2) is 36.0 Å². The van der Waals surface area contributed by atoms with Gasteiger partial charge in [0.2, 0.25) is 12.7 Å². The van der Waals surface area contributed by atoms with Gasteiger partial charge in [-0.05, 0) is 30.5 Å². The second-order valence-corrected chi connectivity index (χ2v) is 6.01. The number of nitrogens with zero attached hydrogens (tertiary/aromatic N) is 2. The molecule has 1 atom stereocenters. The zero-order valence-electron chi connectivity index (χ0n) is 13.7. The normalized spacial score (nSPS) is 18.5. The molecular weight excluding hydrogens is 326 g/mol. The summed E-state index contributed by atoms with van der Waals surface area (Å²) in [5.74, 6) is 2.43. The van der Waals surface area contributed by atoms with Crippen LogP contribution in [0.1, 0.15) is 36.2 Å². The average molecular weight is 345 g/mol. The van der Waals surface area contributed by atoms with E-state index in [9.17, 15) is 4.79 Å². The Kier molecular flexibility index (Phi) is 4.51. The summed E-state index contributed by atoms with van der Waals surface area (Å²) in [6, 6.07) is 5.51. The molecule has 0 bridgehead atoms. The number of rotatable bonds is 6. The molecule has 0 radical (unpaired) electrons. The van der Waals surface area contributed by atoms with E-state index in [0.29, 0.717) is 36.2 Å². The van der Waals surface area contributed by atoms with Crippen molar-refractivity contribution in [3.05, 3.63) is 35.5 Å². The molecule has 1 fully saturated rings. The second kappa shape index (κ2) is 7.10. The van der Waals surface area contributed by atoms with Crippen molar-refractivity contribution in [1.82, 2.24) is 15.5 Å². The third kappa shape index (κ3) is 3.74. The lowest BCUT2D eigenvalue weighted by Crippen LogP contribution is -2.27. The first-order valence-electron chi connectivity index (χ1n) is 8.37. The molecule has 2 aromatic rings. The zero-order chi connectivity index (χ0) is 17.1. The van der Waals surface area contributed by atoms with Gasteiger partial charge >= 0.3 is 0 Å². The van der Waals surface area contributed by atoms with Crippen LogP contribution in [0.2, 0.25) is 0 Å². The van der Waals surface area contributed by atoms with Crippen molar-refractivity contribution >= 4 is 5.91 Å². The third-order valence-corrected chi connectivity index (χ3v) is 4.16. The average Bonchev–Trinajstić information content (AvgIpc) is 3.35. The molecule has 1 saturated heterocycles. The van der Waals surface area contributed by atoms with Gasteiger partial charge in [-0.2, -0.15) is 4.98 Å². The minimum Gasteiger partial charge on any atom is -0.454 e. The summed E-state index contributed by atoms with van der Waals surface area (Å²) < 4.78 is 21.3. The largest absolute Gasteiger partial charge is 0.454 e. The van der Waals surface area contributed by atoms with Gasteiger partial charge in [-0.1, -0.05) is 11.2 Å². The first kappa shape index (κ1) is 15.9. The highest BCUT2D eigenvalue weighted by atomic mass is 16.7. The Labute approximate surface area is 144 Å². The van der Waals surface area contributed by atoms with Crippen molar-refractivity contribution < 1.29 is 23.5 Å². The first-order chi connectivity index (χ1) is 12.3. The molecule has 1 aromatic carbocycles. The van der Waals surface area contributed by atoms with Crippen LogP contribution in [0.25, 0.3) is 0 Å². The fraction of sp³-hybridized carbons (Fsp3) is 0.471. The lowest BCUT2D eigenvalue weighted by molar-refractivity contribution is -0.120. The summed E-state index contributed by atoms with van der Waals surface area (Å²) in [4.78, 5) is 16.4. The molecular formula is C17H19N3O5. The van der Waals surface area contributed by atoms with E-state index < -0.39 is 0 Å². The van der Waals surface area contributed by atoms with Crippen LogP contribution in [0.3, 0.4) is 0 Å². The number of benzene rings is 1. The Morgan fingerprint density at radius 2 is 2.20 bits per heavy atom. The smallest absolute Gasteiger partial charge is 0.255 e. The van der Waals surface area contributed by atoms with E-state index in [1.54, 1.807) is 0 Å². The van der Waals surface area contributed by atoms with Gasteiger partial charge in [0.15, 0.2) is 17.3 Å². The van der Waals surface area contributed by atoms with Crippen LogP contribution in [0.15, 0.2) is 22.7 Å². The van der Waals surface area contributed by atoms with Crippen LogP contribution < -0.4 is 14.8 Å². The maximum atomic E-state index is 12.0. The lowest BCUT2D eigenvalue weighted by Gasteiger charge is -2.05. The van der Waals surface area contributed by atoms with Crippen molar-refractivity contribution in [3.63, 3.8) is 0 Å². The number of carbonyl (C=O) groups is 1. The summed E-state index contributed by atoms with van der Waals surface area (Å²) in [5.41, 5.74) is 0.877. The second-order valence-electron chi connectivity index (χ2n) is 6.01. The van der Waals surface area contributed by atoms with Gasteiger partial charge in [0, 0.05) is 19.6 Å². The van der Waals surface area contributed by atoms with Crippen molar-refractivity contribution in [2.45, 2.75) is 31.8 Å². The molecule has 25 heavy (non-hydrogen) atoms. The van der Waals surface area contributed by atoms with Gasteiger partial charge in [-0.15, -0.1) is 0 Å². The Morgan fingerprint density at radius 1 is 1.28 bits per heavy atom. The monoisotopic (exact) mass is 345 g/mol. The lowest BCUT2D eigenvalue weighted by atomic mass is 10.1. The quantitative estimate of drug-likeness (QED) is 0.848. The minimum absolute atomic E-state index is 0.0679. The highest BCUT2D eigenvalue weighted by Crippen LogP contribution is 2.32. The Hall–Kier alpha value is -2.61. The number of fused-ring (bicyclic) bond motifs is 1. The summed E-state index contributed by atoms with van der Waals surface area (Å²) >= 11 is 0. The van der Waals surface area contributed by atoms with E-state index in [2.05, 4.69) is 15.5 Å². The van der Waals surface area contributed by atoms with Crippen LogP contribution in [0, 0.1) is 0 Å². The third-order valence-electron chi connectivity index (χ3n) is 4.16. The van der Waals surface area contributed by atoms with Gasteiger partial charge in [-0.3, -0.25) is 4.79 Å². The SMILES string of the molecule is O=C(Cc1ccc2c(c1)OCO2)NCCc1noc([C@@H]2CCCO2)n1. The topological polar surface area (TPSA) is 95.7 Å². The number of ether oxygens (including phenoxy) is 3. The molecule has 8 heteroatoms. The van der Waals surface area contributed by atoms with Crippen molar-refractivity contribution in [2.24, 2.45) is 0 Å². The van der Waals surface area contributed by atoms with E-state index >= 15 is 0 Å². The Balaban J connectivity index is 1.23. The number of nitrogens with one attached hydrogen (secondary N) is 1. The molecule has 1 N–H and O–H groups in total. The zero-order valence-corrected chi connectivity index (χ0v) is 13.7. The highest BCUT2D eigenvalue weighted by molar-refractivity contribution is 5.78. The number of hydrogen-bond donors (Lipinski definition) is 1. The van der Waals surface area contributed by atoms with Gasteiger partial charge < -0.3 is 24.1 Å². The van der Waals surface area contributed by atoms with Gasteiger partial charge in [0.05, 0.1) is 6.42 Å². The van der Waals surface area contributed by atoms with Crippen LogP contribution >= 0.6 is 0 Å². The summed E-state index contributed by atoms with van der Waals surface area (Å²) in [6.07, 6.45) is 2.64. The Morgan fingerprint density at radius 3 is 3.08 bits per heavy atom. The fourth-order valence-electron chi connectivity index (χ4n) is 2.88. The molecule has 4 rings (SSSR count). The van der Waals surface area contributed by atoms with E-state index in [0.717, 1.165) is 25.0 Å². The molecule has 8 nitrogen and oxygen atoms in total. The molecule has 132 valence electrons. The molecule has 2 aliphatic rings. The predicted molar refractivity (Wildman–Crippen MR) is 85.2 cm³/mol. The van der Waals surface area contributed by atoms with Crippen LogP contribution in [-0.2, 0) is 22.4 Å². The minimum atomic E-state index is -0.0816. The van der Waals surface area contributed by atoms with E-state index in [1.807, 2.05) is 18.2 Å². The number of aromatic nitrogens is 2. The molecule has 0 saturated carbocycles. The number of hydrogen-bond acceptors (Lipinski definition) is 7. The molecule has 1 amide bonds. The first-order valence-corrected chi connectivity index (χ1v) is 8.37. The van der Waals surface area contributed by atoms with E-state index in [4.69, 9.17) is 18.7 Å². The number of amides is 1. The molecule has 1 aromatic heterocycles. The fourth-order valence-corrected chi connectivity index (χ4v) is 2.88. The molecule has 0 aliphatic carbocycles. The maximum absolute atomic E-state index is 12.0. The van der Waals surface area contributed by atoms with Gasteiger partial charge in [0.1, 0.15) is 6.10 Å². The molecule has 0 unspecified atom stereocenters. The van der Waals surface area contributed by atoms with Crippen molar-refractivity contribution in [2.75, 3.05) is 19.9 Å². The molecule has 3 heterocycles. The van der Waals surface area contributed by atoms with Crippen LogP contribution in [0.4, 0.5) is 0 Å². The highest BCUT2D eigenvalue weighted by Gasteiger charge is 2.23. The molecule has 2 aliphatic heterocycles. The summed E-state index contributed by atoms with van der Waals surface area (Å²) in [6.45, 7) is 1.41. The number of carbonyl (C=O) groups excluding carboxylic acids is 1. The summed E-state index contributed by atoms with van der Waals surface area (Å²) in [7, 11) is 0. The standard InChI is InChI=1S/C17H19N3O5/c21-16(9-11-3-4-12-14(8-11)24-10-23-12)18-6-5-15-19-17(25-20-15)13-2-1-7-22-13/h3-4,8,13H,1-2,5-7,9-10H2,(H,18,21)/t13-/m0/s1. The predicted octanol–water partition coefficient (Wildman–Crippen LogP) is 1.55. The van der Waals surface area contributed by atoms with E-state index in [1.165, 1.54) is 0 Å².